The fourth-order valence-electron chi connectivity index (χ4n) is 2.67. The van der Waals surface area contributed by atoms with Crippen LogP contribution < -0.4 is 16.0 Å². The van der Waals surface area contributed by atoms with Crippen LogP contribution in [0, 0.1) is 0 Å². The molecule has 0 aliphatic heterocycles. The lowest BCUT2D eigenvalue weighted by atomic mass is 10.1. The van der Waals surface area contributed by atoms with Crippen molar-refractivity contribution in [2.24, 2.45) is 0 Å². The number of para-hydroxylation sites is 1. The Hall–Kier alpha value is -3.80. The van der Waals surface area contributed by atoms with E-state index in [1.54, 1.807) is 24.3 Å². The molecule has 0 saturated carbocycles. The standard InChI is InChI=1S/C22H21N3O3/c1-28-21(26)20-10-6-5-7-16(20)15-23-17-11-13-19(14-12-17)25-22(27)24-18-8-3-2-4-9-18/h2-14,23H,15H2,1H3,(H2,24,25,27). The summed E-state index contributed by atoms with van der Waals surface area (Å²) in [6.07, 6.45) is 0. The first kappa shape index (κ1) is 19.0. The maximum absolute atomic E-state index is 12.0. The van der Waals surface area contributed by atoms with Crippen LogP contribution in [-0.2, 0) is 11.3 Å². The van der Waals surface area contributed by atoms with Crippen LogP contribution in [0.15, 0.2) is 78.9 Å². The molecule has 3 aromatic rings. The highest BCUT2D eigenvalue weighted by molar-refractivity contribution is 5.99. The molecule has 0 saturated heterocycles. The lowest BCUT2D eigenvalue weighted by Crippen LogP contribution is -2.19. The minimum absolute atomic E-state index is 0.307. The molecule has 0 heterocycles. The van der Waals surface area contributed by atoms with Crippen LogP contribution in [0.25, 0.3) is 0 Å². The Morgan fingerprint density at radius 1 is 0.750 bits per heavy atom. The van der Waals surface area contributed by atoms with Crippen LogP contribution in [0.1, 0.15) is 15.9 Å². The molecule has 0 aliphatic rings. The van der Waals surface area contributed by atoms with Crippen molar-refractivity contribution in [3.63, 3.8) is 0 Å². The molecule has 0 spiro atoms. The van der Waals surface area contributed by atoms with E-state index in [2.05, 4.69) is 16.0 Å². The first-order valence-corrected chi connectivity index (χ1v) is 8.79. The molecule has 6 heteroatoms. The van der Waals surface area contributed by atoms with Crippen LogP contribution in [0.2, 0.25) is 0 Å². The molecule has 0 fully saturated rings. The van der Waals surface area contributed by atoms with Crippen molar-refractivity contribution in [1.29, 1.82) is 0 Å². The van der Waals surface area contributed by atoms with Gasteiger partial charge in [-0.25, -0.2) is 9.59 Å². The Kier molecular flexibility index (Phi) is 6.25. The van der Waals surface area contributed by atoms with Gasteiger partial charge in [0, 0.05) is 23.6 Å². The van der Waals surface area contributed by atoms with Crippen molar-refractivity contribution >= 4 is 29.1 Å². The van der Waals surface area contributed by atoms with E-state index in [-0.39, 0.29) is 12.0 Å². The van der Waals surface area contributed by atoms with Gasteiger partial charge in [0.2, 0.25) is 0 Å². The molecule has 0 unspecified atom stereocenters. The number of nitrogens with one attached hydrogen (secondary N) is 3. The molecule has 0 aliphatic carbocycles. The number of amides is 2. The van der Waals surface area contributed by atoms with E-state index < -0.39 is 0 Å². The van der Waals surface area contributed by atoms with Gasteiger partial charge >= 0.3 is 12.0 Å². The van der Waals surface area contributed by atoms with Crippen molar-refractivity contribution in [2.45, 2.75) is 6.54 Å². The Balaban J connectivity index is 1.56. The summed E-state index contributed by atoms with van der Waals surface area (Å²) in [7, 11) is 1.37. The summed E-state index contributed by atoms with van der Waals surface area (Å²) >= 11 is 0. The number of methoxy groups -OCH3 is 1. The molecule has 6 nitrogen and oxygen atoms in total. The fraction of sp³-hybridized carbons (Fsp3) is 0.0909. The van der Waals surface area contributed by atoms with Gasteiger partial charge in [-0.05, 0) is 48.0 Å². The highest BCUT2D eigenvalue weighted by Crippen LogP contribution is 2.17. The number of hydrogen-bond donors (Lipinski definition) is 3. The predicted molar refractivity (Wildman–Crippen MR) is 111 cm³/mol. The van der Waals surface area contributed by atoms with Gasteiger partial charge in [-0.2, -0.15) is 0 Å². The third-order valence-corrected chi connectivity index (χ3v) is 4.08. The number of rotatable bonds is 6. The first-order chi connectivity index (χ1) is 13.7. The van der Waals surface area contributed by atoms with Gasteiger partial charge in [0.15, 0.2) is 0 Å². The van der Waals surface area contributed by atoms with E-state index in [9.17, 15) is 9.59 Å². The van der Waals surface area contributed by atoms with Gasteiger partial charge in [-0.1, -0.05) is 36.4 Å². The molecule has 3 rings (SSSR count). The Bertz CT molecular complexity index is 941. The van der Waals surface area contributed by atoms with Crippen LogP contribution in [0.3, 0.4) is 0 Å². The molecule has 3 aromatic carbocycles. The van der Waals surface area contributed by atoms with Crippen LogP contribution >= 0.6 is 0 Å². The zero-order chi connectivity index (χ0) is 19.8. The molecule has 0 aromatic heterocycles. The lowest BCUT2D eigenvalue weighted by Gasteiger charge is -2.11. The number of hydrogen-bond acceptors (Lipinski definition) is 4. The number of carbonyl (C=O) groups is 2. The molecule has 0 radical (unpaired) electrons. The van der Waals surface area contributed by atoms with Gasteiger partial charge in [-0.15, -0.1) is 0 Å². The number of ether oxygens (including phenoxy) is 1. The molecular formula is C22H21N3O3. The summed E-state index contributed by atoms with van der Waals surface area (Å²) in [4.78, 5) is 23.9. The number of benzene rings is 3. The first-order valence-electron chi connectivity index (χ1n) is 8.79. The lowest BCUT2D eigenvalue weighted by molar-refractivity contribution is 0.0599. The van der Waals surface area contributed by atoms with Crippen molar-refractivity contribution in [1.82, 2.24) is 0 Å². The second-order valence-corrected chi connectivity index (χ2v) is 6.02. The second-order valence-electron chi connectivity index (χ2n) is 6.02. The van der Waals surface area contributed by atoms with Crippen LogP contribution in [0.5, 0.6) is 0 Å². The van der Waals surface area contributed by atoms with Crippen LogP contribution in [-0.4, -0.2) is 19.1 Å². The minimum Gasteiger partial charge on any atom is -0.465 e. The molecule has 142 valence electrons. The summed E-state index contributed by atoms with van der Waals surface area (Å²) < 4.78 is 4.81. The molecule has 3 N–H and O–H groups in total. The van der Waals surface area contributed by atoms with Crippen molar-refractivity contribution in [3.8, 4) is 0 Å². The smallest absolute Gasteiger partial charge is 0.338 e. The number of urea groups is 1. The van der Waals surface area contributed by atoms with Crippen molar-refractivity contribution in [3.05, 3.63) is 90.0 Å². The zero-order valence-corrected chi connectivity index (χ0v) is 15.4. The summed E-state index contributed by atoms with van der Waals surface area (Å²) in [5.41, 5.74) is 3.65. The third kappa shape index (κ3) is 5.11. The van der Waals surface area contributed by atoms with E-state index in [1.165, 1.54) is 7.11 Å². The van der Waals surface area contributed by atoms with Gasteiger partial charge in [0.05, 0.1) is 12.7 Å². The molecule has 28 heavy (non-hydrogen) atoms. The molecule has 0 atom stereocenters. The maximum Gasteiger partial charge on any atom is 0.338 e. The van der Waals surface area contributed by atoms with Gasteiger partial charge in [0.1, 0.15) is 0 Å². The quantitative estimate of drug-likeness (QED) is 0.544. The van der Waals surface area contributed by atoms with E-state index in [0.717, 1.165) is 16.9 Å². The maximum atomic E-state index is 12.0. The Morgan fingerprint density at radius 3 is 2.00 bits per heavy atom. The van der Waals surface area contributed by atoms with Crippen LogP contribution in [0.4, 0.5) is 21.9 Å². The third-order valence-electron chi connectivity index (χ3n) is 4.08. The molecular weight excluding hydrogens is 354 g/mol. The second kappa shape index (κ2) is 9.23. The summed E-state index contributed by atoms with van der Waals surface area (Å²) in [5, 5.41) is 8.81. The summed E-state index contributed by atoms with van der Waals surface area (Å²) in [5.74, 6) is -0.360. The van der Waals surface area contributed by atoms with E-state index >= 15 is 0 Å². The van der Waals surface area contributed by atoms with E-state index in [4.69, 9.17) is 4.74 Å². The normalized spacial score (nSPS) is 10.0. The highest BCUT2D eigenvalue weighted by atomic mass is 16.5. The number of esters is 1. The minimum atomic E-state index is -0.360. The average Bonchev–Trinajstić information content (AvgIpc) is 2.73. The zero-order valence-electron chi connectivity index (χ0n) is 15.4. The summed E-state index contributed by atoms with van der Waals surface area (Å²) in [6, 6.07) is 23.6. The highest BCUT2D eigenvalue weighted by Gasteiger charge is 2.10. The average molecular weight is 375 g/mol. The molecule has 2 amide bonds. The SMILES string of the molecule is COC(=O)c1ccccc1CNc1ccc(NC(=O)Nc2ccccc2)cc1. The Morgan fingerprint density at radius 2 is 1.32 bits per heavy atom. The Labute approximate surface area is 163 Å². The van der Waals surface area contributed by atoms with Gasteiger partial charge in [0.25, 0.3) is 0 Å². The van der Waals surface area contributed by atoms with Gasteiger partial charge in [-0.3, -0.25) is 0 Å². The summed E-state index contributed by atoms with van der Waals surface area (Å²) in [6.45, 7) is 0.479. The van der Waals surface area contributed by atoms with Crippen molar-refractivity contribution in [2.75, 3.05) is 23.1 Å². The van der Waals surface area contributed by atoms with Crippen molar-refractivity contribution < 1.29 is 14.3 Å². The van der Waals surface area contributed by atoms with E-state index in [0.29, 0.717) is 17.8 Å². The monoisotopic (exact) mass is 375 g/mol. The number of carbonyl (C=O) groups excluding carboxylic acids is 2. The predicted octanol–water partition coefficient (Wildman–Crippen LogP) is 4.73. The largest absolute Gasteiger partial charge is 0.465 e. The van der Waals surface area contributed by atoms with Gasteiger partial charge < -0.3 is 20.7 Å². The molecule has 0 bridgehead atoms. The fourth-order valence-corrected chi connectivity index (χ4v) is 2.67. The van der Waals surface area contributed by atoms with E-state index in [1.807, 2.05) is 54.6 Å². The number of anilines is 3. The topological polar surface area (TPSA) is 79.5 Å².